The van der Waals surface area contributed by atoms with Crippen molar-refractivity contribution in [2.75, 3.05) is 12.3 Å². The van der Waals surface area contributed by atoms with Crippen molar-refractivity contribution in [3.63, 3.8) is 0 Å². The van der Waals surface area contributed by atoms with Gasteiger partial charge >= 0.3 is 0 Å². The molecule has 0 radical (unpaired) electrons. The van der Waals surface area contributed by atoms with E-state index in [1.165, 1.54) is 0 Å². The lowest BCUT2D eigenvalue weighted by atomic mass is 10.3. The molecule has 0 amide bonds. The molecule has 4 N–H and O–H groups in total. The number of hydrogen-bond acceptors (Lipinski definition) is 4. The molecule has 0 bridgehead atoms. The molecular formula is C11H16N4O. The lowest BCUT2D eigenvalue weighted by molar-refractivity contribution is 0.0719. The summed E-state index contributed by atoms with van der Waals surface area (Å²) in [5.41, 5.74) is 13.9. The molecule has 0 fully saturated rings. The van der Waals surface area contributed by atoms with E-state index in [-0.39, 0.29) is 6.04 Å². The molecule has 5 nitrogen and oxygen atoms in total. The number of nitrogens with zero attached hydrogens (tertiary/aromatic N) is 2. The zero-order valence-corrected chi connectivity index (χ0v) is 9.26. The van der Waals surface area contributed by atoms with Gasteiger partial charge in [-0.15, -0.1) is 0 Å². The Balaban J connectivity index is 2.13. The molecule has 0 aliphatic carbocycles. The monoisotopic (exact) mass is 220 g/mol. The lowest BCUT2D eigenvalue weighted by Gasteiger charge is -2.08. The molecule has 0 spiro atoms. The normalized spacial score (nSPS) is 13.1. The van der Waals surface area contributed by atoms with E-state index < -0.39 is 0 Å². The number of nitrogen functional groups attached to an aromatic ring is 1. The highest BCUT2D eigenvalue weighted by molar-refractivity contribution is 5.78. The predicted molar refractivity (Wildman–Crippen MR) is 63.7 cm³/mol. The van der Waals surface area contributed by atoms with E-state index in [0.29, 0.717) is 19.0 Å². The molecule has 1 atom stereocenters. The van der Waals surface area contributed by atoms with Crippen molar-refractivity contribution >= 4 is 16.7 Å². The van der Waals surface area contributed by atoms with Crippen LogP contribution < -0.4 is 11.5 Å². The summed E-state index contributed by atoms with van der Waals surface area (Å²) in [5.74, 6) is 0. The number of anilines is 1. The summed E-state index contributed by atoms with van der Waals surface area (Å²) in [6, 6.07) is 5.68. The minimum absolute atomic E-state index is 0.0467. The molecule has 86 valence electrons. The van der Waals surface area contributed by atoms with Gasteiger partial charge in [-0.25, -0.2) is 4.98 Å². The summed E-state index contributed by atoms with van der Waals surface area (Å²) in [5, 5.41) is 0. The van der Waals surface area contributed by atoms with Crippen LogP contribution in [0.15, 0.2) is 24.5 Å². The van der Waals surface area contributed by atoms with Crippen molar-refractivity contribution in [3.8, 4) is 0 Å². The van der Waals surface area contributed by atoms with Gasteiger partial charge in [0.1, 0.15) is 6.73 Å². The molecule has 0 saturated carbocycles. The van der Waals surface area contributed by atoms with Crippen LogP contribution in [-0.4, -0.2) is 22.2 Å². The molecule has 0 aliphatic heterocycles. The quantitative estimate of drug-likeness (QED) is 0.751. The van der Waals surface area contributed by atoms with Gasteiger partial charge in [-0.05, 0) is 25.1 Å². The highest BCUT2D eigenvalue weighted by Gasteiger charge is 2.02. The van der Waals surface area contributed by atoms with Crippen LogP contribution in [0.4, 0.5) is 5.69 Å². The predicted octanol–water partition coefficient (Wildman–Crippen LogP) is 0.940. The number of aromatic nitrogens is 2. The Morgan fingerprint density at radius 3 is 3.06 bits per heavy atom. The van der Waals surface area contributed by atoms with Crippen LogP contribution in [0.5, 0.6) is 0 Å². The summed E-state index contributed by atoms with van der Waals surface area (Å²) in [4.78, 5) is 4.25. The maximum absolute atomic E-state index is 5.68. The van der Waals surface area contributed by atoms with E-state index in [0.717, 1.165) is 11.0 Å². The molecule has 2 aromatic rings. The number of ether oxygens (including phenoxy) is 1. The van der Waals surface area contributed by atoms with Gasteiger partial charge in [0.15, 0.2) is 0 Å². The first-order valence-electron chi connectivity index (χ1n) is 5.20. The Labute approximate surface area is 94.0 Å². The third-order valence-electron chi connectivity index (χ3n) is 2.26. The van der Waals surface area contributed by atoms with E-state index >= 15 is 0 Å². The van der Waals surface area contributed by atoms with Gasteiger partial charge in [-0.1, -0.05) is 0 Å². The SMILES string of the molecule is C[C@@H](N)COCn1cnc2cc(N)ccc21. The van der Waals surface area contributed by atoms with Crippen LogP contribution in [0.2, 0.25) is 0 Å². The standard InChI is InChI=1S/C11H16N4O/c1-8(12)5-16-7-15-6-14-10-4-9(13)2-3-11(10)15/h2-4,6,8H,5,7,12-13H2,1H3/t8-/m1/s1. The Bertz CT molecular complexity index is 478. The van der Waals surface area contributed by atoms with Crippen molar-refractivity contribution in [3.05, 3.63) is 24.5 Å². The van der Waals surface area contributed by atoms with Crippen LogP contribution in [0.25, 0.3) is 11.0 Å². The van der Waals surface area contributed by atoms with Crippen LogP contribution in [0, 0.1) is 0 Å². The molecule has 1 aromatic heterocycles. The number of benzene rings is 1. The van der Waals surface area contributed by atoms with E-state index in [1.807, 2.05) is 29.7 Å². The molecule has 5 heteroatoms. The minimum Gasteiger partial charge on any atom is -0.399 e. The van der Waals surface area contributed by atoms with E-state index in [2.05, 4.69) is 4.98 Å². The second kappa shape index (κ2) is 4.51. The van der Waals surface area contributed by atoms with Crippen molar-refractivity contribution in [1.82, 2.24) is 9.55 Å². The average molecular weight is 220 g/mol. The number of rotatable bonds is 4. The fraction of sp³-hybridized carbons (Fsp3) is 0.364. The Morgan fingerprint density at radius 2 is 2.31 bits per heavy atom. The molecule has 1 heterocycles. The van der Waals surface area contributed by atoms with Gasteiger partial charge in [0.25, 0.3) is 0 Å². The largest absolute Gasteiger partial charge is 0.399 e. The molecule has 0 unspecified atom stereocenters. The topological polar surface area (TPSA) is 79.1 Å². The zero-order valence-electron chi connectivity index (χ0n) is 9.26. The number of imidazole rings is 1. The highest BCUT2D eigenvalue weighted by Crippen LogP contribution is 2.15. The third-order valence-corrected chi connectivity index (χ3v) is 2.26. The van der Waals surface area contributed by atoms with E-state index in [9.17, 15) is 0 Å². The smallest absolute Gasteiger partial charge is 0.124 e. The first-order chi connectivity index (χ1) is 7.66. The maximum Gasteiger partial charge on any atom is 0.124 e. The molecule has 2 rings (SSSR count). The summed E-state index contributed by atoms with van der Waals surface area (Å²) < 4.78 is 7.37. The number of fused-ring (bicyclic) bond motifs is 1. The second-order valence-electron chi connectivity index (χ2n) is 3.94. The van der Waals surface area contributed by atoms with Gasteiger partial charge in [-0.3, -0.25) is 0 Å². The molecule has 0 saturated heterocycles. The number of hydrogen-bond donors (Lipinski definition) is 2. The summed E-state index contributed by atoms with van der Waals surface area (Å²) >= 11 is 0. The molecular weight excluding hydrogens is 204 g/mol. The van der Waals surface area contributed by atoms with Gasteiger partial charge in [-0.2, -0.15) is 0 Å². The van der Waals surface area contributed by atoms with Crippen LogP contribution in [-0.2, 0) is 11.5 Å². The maximum atomic E-state index is 5.68. The van der Waals surface area contributed by atoms with Crippen molar-refractivity contribution in [2.24, 2.45) is 5.73 Å². The van der Waals surface area contributed by atoms with Gasteiger partial charge in [0.05, 0.1) is 24.0 Å². The van der Waals surface area contributed by atoms with Gasteiger partial charge < -0.3 is 20.8 Å². The fourth-order valence-electron chi connectivity index (χ4n) is 1.52. The highest BCUT2D eigenvalue weighted by atomic mass is 16.5. The summed E-state index contributed by atoms with van der Waals surface area (Å²) in [7, 11) is 0. The Hall–Kier alpha value is -1.59. The van der Waals surface area contributed by atoms with Gasteiger partial charge in [0.2, 0.25) is 0 Å². The summed E-state index contributed by atoms with van der Waals surface area (Å²) in [6.45, 7) is 2.91. The van der Waals surface area contributed by atoms with Gasteiger partial charge in [0, 0.05) is 11.7 Å². The van der Waals surface area contributed by atoms with Crippen molar-refractivity contribution in [1.29, 1.82) is 0 Å². The van der Waals surface area contributed by atoms with Crippen molar-refractivity contribution in [2.45, 2.75) is 19.7 Å². The van der Waals surface area contributed by atoms with E-state index in [1.54, 1.807) is 6.33 Å². The number of nitrogens with two attached hydrogens (primary N) is 2. The first kappa shape index (κ1) is 10.9. The van der Waals surface area contributed by atoms with Crippen LogP contribution in [0.3, 0.4) is 0 Å². The first-order valence-corrected chi connectivity index (χ1v) is 5.20. The van der Waals surface area contributed by atoms with Crippen molar-refractivity contribution < 1.29 is 4.74 Å². The minimum atomic E-state index is 0.0467. The third kappa shape index (κ3) is 2.32. The molecule has 16 heavy (non-hydrogen) atoms. The average Bonchev–Trinajstić information content (AvgIpc) is 2.60. The molecule has 1 aromatic carbocycles. The Morgan fingerprint density at radius 1 is 1.50 bits per heavy atom. The fourth-order valence-corrected chi connectivity index (χ4v) is 1.52. The lowest BCUT2D eigenvalue weighted by Crippen LogP contribution is -2.22. The van der Waals surface area contributed by atoms with Crippen LogP contribution >= 0.6 is 0 Å². The Kier molecular flexibility index (Phi) is 3.07. The zero-order chi connectivity index (χ0) is 11.5. The second-order valence-corrected chi connectivity index (χ2v) is 3.94. The van der Waals surface area contributed by atoms with E-state index in [4.69, 9.17) is 16.2 Å². The molecule has 0 aliphatic rings. The summed E-state index contributed by atoms with van der Waals surface area (Å²) in [6.07, 6.45) is 1.74. The van der Waals surface area contributed by atoms with Crippen LogP contribution in [0.1, 0.15) is 6.92 Å².